The molecule has 0 aliphatic heterocycles. The number of anilines is 1. The van der Waals surface area contributed by atoms with Gasteiger partial charge in [0.1, 0.15) is 5.75 Å². The summed E-state index contributed by atoms with van der Waals surface area (Å²) < 4.78 is 0. The number of nitrogens with zero attached hydrogens (tertiary/aromatic N) is 1. The fraction of sp³-hybridized carbons (Fsp3) is 0.133. The molecule has 2 aromatic rings. The first kappa shape index (κ1) is 14.2. The Labute approximate surface area is 122 Å². The average molecular weight is 291 g/mol. The van der Waals surface area contributed by atoms with Gasteiger partial charge < -0.3 is 15.7 Å². The Morgan fingerprint density at radius 2 is 2.00 bits per heavy atom. The highest BCUT2D eigenvalue weighted by Gasteiger charge is 2.16. The van der Waals surface area contributed by atoms with Crippen LogP contribution >= 0.6 is 11.6 Å². The molecule has 3 N–H and O–H groups in total. The van der Waals surface area contributed by atoms with Gasteiger partial charge in [0.25, 0.3) is 5.91 Å². The summed E-state index contributed by atoms with van der Waals surface area (Å²) in [4.78, 5) is 13.8. The predicted molar refractivity (Wildman–Crippen MR) is 79.8 cm³/mol. The number of carbonyl (C=O) groups excluding carboxylic acids is 1. The lowest BCUT2D eigenvalue weighted by Crippen LogP contribution is -2.26. The Bertz CT molecular complexity index is 644. The van der Waals surface area contributed by atoms with E-state index in [1.165, 1.54) is 4.90 Å². The highest BCUT2D eigenvalue weighted by molar-refractivity contribution is 6.34. The van der Waals surface area contributed by atoms with Gasteiger partial charge in [-0.25, -0.2) is 0 Å². The number of nitrogens with two attached hydrogens (primary N) is 1. The van der Waals surface area contributed by atoms with Gasteiger partial charge in [-0.1, -0.05) is 29.8 Å². The minimum atomic E-state index is -0.224. The van der Waals surface area contributed by atoms with Gasteiger partial charge in [-0.3, -0.25) is 4.79 Å². The zero-order valence-electron chi connectivity index (χ0n) is 11.0. The van der Waals surface area contributed by atoms with Gasteiger partial charge in [0.2, 0.25) is 0 Å². The number of para-hydroxylation sites is 1. The van der Waals surface area contributed by atoms with E-state index in [1.54, 1.807) is 43.4 Å². The molecule has 0 aromatic heterocycles. The van der Waals surface area contributed by atoms with Gasteiger partial charge >= 0.3 is 0 Å². The molecule has 1 amide bonds. The van der Waals surface area contributed by atoms with E-state index in [2.05, 4.69) is 0 Å². The summed E-state index contributed by atoms with van der Waals surface area (Å²) in [7, 11) is 1.65. The lowest BCUT2D eigenvalue weighted by Gasteiger charge is -2.18. The maximum absolute atomic E-state index is 12.3. The van der Waals surface area contributed by atoms with E-state index in [9.17, 15) is 9.90 Å². The van der Waals surface area contributed by atoms with E-state index in [0.717, 1.165) is 0 Å². The van der Waals surface area contributed by atoms with E-state index in [0.29, 0.717) is 28.4 Å². The summed E-state index contributed by atoms with van der Waals surface area (Å²) in [6, 6.07) is 11.7. The third-order valence-corrected chi connectivity index (χ3v) is 3.28. The van der Waals surface area contributed by atoms with Crippen LogP contribution < -0.4 is 5.73 Å². The van der Waals surface area contributed by atoms with Crippen LogP contribution in [0.5, 0.6) is 5.75 Å². The molecule has 0 heterocycles. The van der Waals surface area contributed by atoms with Crippen molar-refractivity contribution in [1.82, 2.24) is 4.90 Å². The summed E-state index contributed by atoms with van der Waals surface area (Å²) in [5.74, 6) is -0.0613. The zero-order chi connectivity index (χ0) is 14.7. The molecule has 4 nitrogen and oxygen atoms in total. The minimum Gasteiger partial charge on any atom is -0.508 e. The standard InChI is InChI=1S/C15H15ClN2O2/c1-18(9-10-4-2-3-5-14(10)19)15(20)12-7-6-11(17)8-13(12)16/h2-8,19H,9,17H2,1H3. The molecule has 0 spiro atoms. The lowest BCUT2D eigenvalue weighted by molar-refractivity contribution is 0.0784. The third kappa shape index (κ3) is 3.03. The van der Waals surface area contributed by atoms with Crippen molar-refractivity contribution in [2.75, 3.05) is 12.8 Å². The minimum absolute atomic E-state index is 0.163. The Hall–Kier alpha value is -2.20. The highest BCUT2D eigenvalue weighted by atomic mass is 35.5. The molecule has 2 aromatic carbocycles. The number of phenols is 1. The van der Waals surface area contributed by atoms with Crippen LogP contribution in [0.15, 0.2) is 42.5 Å². The number of rotatable bonds is 3. The predicted octanol–water partition coefficient (Wildman–Crippen LogP) is 2.90. The van der Waals surface area contributed by atoms with Crippen LogP contribution in [0.25, 0.3) is 0 Å². The molecule has 2 rings (SSSR count). The monoisotopic (exact) mass is 290 g/mol. The summed E-state index contributed by atoms with van der Waals surface area (Å²) in [5, 5.41) is 10.0. The van der Waals surface area contributed by atoms with Crippen molar-refractivity contribution in [2.45, 2.75) is 6.54 Å². The number of halogens is 1. The van der Waals surface area contributed by atoms with E-state index in [1.807, 2.05) is 6.07 Å². The van der Waals surface area contributed by atoms with Crippen molar-refractivity contribution in [2.24, 2.45) is 0 Å². The fourth-order valence-electron chi connectivity index (χ4n) is 1.88. The topological polar surface area (TPSA) is 66.6 Å². The van der Waals surface area contributed by atoms with Crippen LogP contribution in [0.3, 0.4) is 0 Å². The van der Waals surface area contributed by atoms with Crippen LogP contribution in [-0.4, -0.2) is 23.0 Å². The van der Waals surface area contributed by atoms with Gasteiger partial charge in [0.15, 0.2) is 0 Å². The maximum Gasteiger partial charge on any atom is 0.255 e. The number of nitrogen functional groups attached to an aromatic ring is 1. The molecule has 0 unspecified atom stereocenters. The molecule has 0 saturated heterocycles. The molecule has 0 saturated carbocycles. The first-order valence-corrected chi connectivity index (χ1v) is 6.44. The van der Waals surface area contributed by atoms with E-state index in [4.69, 9.17) is 17.3 Å². The first-order valence-electron chi connectivity index (χ1n) is 6.06. The molecule has 0 fully saturated rings. The molecule has 20 heavy (non-hydrogen) atoms. The van der Waals surface area contributed by atoms with Crippen LogP contribution in [0.4, 0.5) is 5.69 Å². The third-order valence-electron chi connectivity index (χ3n) is 2.97. The number of phenolic OH excluding ortho intramolecular Hbond substituents is 1. The number of aromatic hydroxyl groups is 1. The van der Waals surface area contributed by atoms with Crippen LogP contribution in [0.1, 0.15) is 15.9 Å². The average Bonchev–Trinajstić information content (AvgIpc) is 2.40. The van der Waals surface area contributed by atoms with E-state index >= 15 is 0 Å². The van der Waals surface area contributed by atoms with Gasteiger partial charge in [-0.15, -0.1) is 0 Å². The summed E-state index contributed by atoms with van der Waals surface area (Å²) in [6.45, 7) is 0.298. The largest absolute Gasteiger partial charge is 0.508 e. The Morgan fingerprint density at radius 3 is 2.65 bits per heavy atom. The summed E-state index contributed by atoms with van der Waals surface area (Å²) >= 11 is 6.03. The van der Waals surface area contributed by atoms with Crippen LogP contribution in [-0.2, 0) is 6.54 Å². The molecule has 0 aliphatic rings. The van der Waals surface area contributed by atoms with Crippen molar-refractivity contribution >= 4 is 23.2 Å². The van der Waals surface area contributed by atoms with Gasteiger partial charge in [-0.05, 0) is 24.3 Å². The SMILES string of the molecule is CN(Cc1ccccc1O)C(=O)c1ccc(N)cc1Cl. The van der Waals surface area contributed by atoms with Gasteiger partial charge in [-0.2, -0.15) is 0 Å². The molecule has 5 heteroatoms. The first-order chi connectivity index (χ1) is 9.49. The maximum atomic E-state index is 12.3. The second-order valence-corrected chi connectivity index (χ2v) is 4.94. The number of carbonyl (C=O) groups is 1. The molecule has 0 aliphatic carbocycles. The highest BCUT2D eigenvalue weighted by Crippen LogP contribution is 2.22. The van der Waals surface area contributed by atoms with Crippen molar-refractivity contribution in [3.63, 3.8) is 0 Å². The second-order valence-electron chi connectivity index (χ2n) is 4.53. The summed E-state index contributed by atoms with van der Waals surface area (Å²) in [6.07, 6.45) is 0. The molecule has 0 radical (unpaired) electrons. The van der Waals surface area contributed by atoms with Crippen LogP contribution in [0.2, 0.25) is 5.02 Å². The van der Waals surface area contributed by atoms with Crippen molar-refractivity contribution in [1.29, 1.82) is 0 Å². The lowest BCUT2D eigenvalue weighted by atomic mass is 10.1. The van der Waals surface area contributed by atoms with Gasteiger partial charge in [0, 0.05) is 24.8 Å². The smallest absolute Gasteiger partial charge is 0.255 e. The second kappa shape index (κ2) is 5.84. The molecule has 0 bridgehead atoms. The van der Waals surface area contributed by atoms with E-state index < -0.39 is 0 Å². The van der Waals surface area contributed by atoms with Crippen molar-refractivity contribution in [3.8, 4) is 5.75 Å². The molecule has 104 valence electrons. The zero-order valence-corrected chi connectivity index (χ0v) is 11.8. The number of amides is 1. The quantitative estimate of drug-likeness (QED) is 0.854. The summed E-state index contributed by atoms with van der Waals surface area (Å²) in [5.41, 5.74) is 7.18. The fourth-order valence-corrected chi connectivity index (χ4v) is 2.15. The molecule has 0 atom stereocenters. The molecular weight excluding hydrogens is 276 g/mol. The number of hydrogen-bond acceptors (Lipinski definition) is 3. The Kier molecular flexibility index (Phi) is 4.15. The van der Waals surface area contributed by atoms with Gasteiger partial charge in [0.05, 0.1) is 10.6 Å². The van der Waals surface area contributed by atoms with Crippen molar-refractivity contribution < 1.29 is 9.90 Å². The number of benzene rings is 2. The Balaban J connectivity index is 2.19. The number of hydrogen-bond donors (Lipinski definition) is 2. The van der Waals surface area contributed by atoms with Crippen molar-refractivity contribution in [3.05, 3.63) is 58.6 Å². The normalized spacial score (nSPS) is 10.3. The molecular formula is C15H15ClN2O2. The van der Waals surface area contributed by atoms with Crippen LogP contribution in [0, 0.1) is 0 Å². The Morgan fingerprint density at radius 1 is 1.30 bits per heavy atom. The van der Waals surface area contributed by atoms with E-state index in [-0.39, 0.29) is 11.7 Å².